The molecule has 1 atom stereocenters. The fourth-order valence-electron chi connectivity index (χ4n) is 5.73. The smallest absolute Gasteiger partial charge is 0.315 e. The largest absolute Gasteiger partial charge is 0.333 e. The highest BCUT2D eigenvalue weighted by Gasteiger charge is 2.51. The van der Waals surface area contributed by atoms with Crippen molar-refractivity contribution in [3.05, 3.63) is 0 Å². The molecule has 5 fully saturated rings. The van der Waals surface area contributed by atoms with Crippen LogP contribution >= 0.6 is 0 Å². The second-order valence-corrected chi connectivity index (χ2v) is 8.26. The third-order valence-electron chi connectivity index (χ3n) is 6.20. The fraction of sp³-hybridized carbons (Fsp3) is 0.938. The van der Waals surface area contributed by atoms with Crippen LogP contribution in [0.1, 0.15) is 51.9 Å². The summed E-state index contributed by atoms with van der Waals surface area (Å²) in [7, 11) is 0. The van der Waals surface area contributed by atoms with Gasteiger partial charge in [0.15, 0.2) is 0 Å². The minimum Gasteiger partial charge on any atom is -0.333 e. The first kappa shape index (κ1) is 12.9. The van der Waals surface area contributed by atoms with Crippen molar-refractivity contribution < 1.29 is 4.79 Å². The maximum Gasteiger partial charge on any atom is 0.315 e. The van der Waals surface area contributed by atoms with E-state index in [1.165, 1.54) is 38.5 Å². The molecule has 1 unspecified atom stereocenters. The van der Waals surface area contributed by atoms with Gasteiger partial charge in [0.05, 0.1) is 5.54 Å². The summed E-state index contributed by atoms with van der Waals surface area (Å²) in [6.45, 7) is 4.04. The Morgan fingerprint density at radius 3 is 2.15 bits per heavy atom. The minimum absolute atomic E-state index is 0.0631. The van der Waals surface area contributed by atoms with Crippen LogP contribution in [-0.4, -0.2) is 30.2 Å². The molecule has 0 spiro atoms. The molecule has 4 bridgehead atoms. The number of carbonyl (C=O) groups excluding carboxylic acids is 1. The Hall–Kier alpha value is -0.770. The van der Waals surface area contributed by atoms with Gasteiger partial charge in [-0.25, -0.2) is 4.79 Å². The SMILES string of the molecule is CC1(NC(=O)NC23CC4CC(CC(C4)C2)C3)CCNC1. The zero-order valence-corrected chi connectivity index (χ0v) is 12.5. The molecule has 3 N–H and O–H groups in total. The van der Waals surface area contributed by atoms with Gasteiger partial charge in [-0.05, 0) is 76.2 Å². The van der Waals surface area contributed by atoms with Crippen LogP contribution in [0.25, 0.3) is 0 Å². The first-order valence-corrected chi connectivity index (χ1v) is 8.35. The summed E-state index contributed by atoms with van der Waals surface area (Å²) in [4.78, 5) is 12.4. The lowest BCUT2D eigenvalue weighted by atomic mass is 9.53. The lowest BCUT2D eigenvalue weighted by Gasteiger charge is -2.56. The molecule has 1 heterocycles. The standard InChI is InChI=1S/C16H27N3O/c1-15(2-3-17-10-15)18-14(20)19-16-7-11-4-12(8-16)6-13(5-11)9-16/h11-13,17H,2-10H2,1H3,(H2,18,19,20). The van der Waals surface area contributed by atoms with Gasteiger partial charge in [-0.2, -0.15) is 0 Å². The zero-order chi connectivity index (χ0) is 13.8. The van der Waals surface area contributed by atoms with E-state index in [1.807, 2.05) is 0 Å². The van der Waals surface area contributed by atoms with Crippen molar-refractivity contribution in [3.8, 4) is 0 Å². The van der Waals surface area contributed by atoms with Gasteiger partial charge >= 0.3 is 6.03 Å². The third-order valence-corrected chi connectivity index (χ3v) is 6.20. The maximum absolute atomic E-state index is 12.4. The first-order chi connectivity index (χ1) is 9.54. The Balaban J connectivity index is 1.42. The molecule has 1 aliphatic heterocycles. The number of rotatable bonds is 2. The lowest BCUT2D eigenvalue weighted by molar-refractivity contribution is -0.0138. The zero-order valence-electron chi connectivity index (χ0n) is 12.5. The van der Waals surface area contributed by atoms with Gasteiger partial charge in [0.25, 0.3) is 0 Å². The molecule has 20 heavy (non-hydrogen) atoms. The van der Waals surface area contributed by atoms with E-state index >= 15 is 0 Å². The second kappa shape index (κ2) is 4.36. The summed E-state index contributed by atoms with van der Waals surface area (Å²) in [6, 6.07) is 0.0677. The molecule has 0 aromatic carbocycles. The van der Waals surface area contributed by atoms with Gasteiger partial charge < -0.3 is 16.0 Å². The molecule has 0 aromatic rings. The van der Waals surface area contributed by atoms with Gasteiger partial charge in [-0.15, -0.1) is 0 Å². The molecule has 112 valence electrons. The van der Waals surface area contributed by atoms with Gasteiger partial charge in [-0.1, -0.05) is 0 Å². The second-order valence-electron chi connectivity index (χ2n) is 8.26. The molecule has 2 amide bonds. The molecule has 0 aromatic heterocycles. The van der Waals surface area contributed by atoms with Crippen molar-refractivity contribution >= 4 is 6.03 Å². The van der Waals surface area contributed by atoms with E-state index in [9.17, 15) is 4.79 Å². The quantitative estimate of drug-likeness (QED) is 0.723. The van der Waals surface area contributed by atoms with E-state index in [4.69, 9.17) is 0 Å². The van der Waals surface area contributed by atoms with Gasteiger partial charge in [0, 0.05) is 12.1 Å². The van der Waals surface area contributed by atoms with E-state index in [-0.39, 0.29) is 17.1 Å². The molecule has 4 saturated carbocycles. The summed E-state index contributed by atoms with van der Waals surface area (Å²) >= 11 is 0. The lowest BCUT2D eigenvalue weighted by Crippen LogP contribution is -2.63. The summed E-state index contributed by atoms with van der Waals surface area (Å²) in [5.41, 5.74) is 0.0631. The molecule has 4 nitrogen and oxygen atoms in total. The molecule has 4 heteroatoms. The normalized spacial score (nSPS) is 49.4. The van der Waals surface area contributed by atoms with E-state index in [2.05, 4.69) is 22.9 Å². The van der Waals surface area contributed by atoms with Crippen LogP contribution in [0.5, 0.6) is 0 Å². The predicted molar refractivity (Wildman–Crippen MR) is 78.5 cm³/mol. The van der Waals surface area contributed by atoms with E-state index in [0.717, 1.165) is 37.3 Å². The Bertz CT molecular complexity index is 379. The fourth-order valence-corrected chi connectivity index (χ4v) is 5.73. The van der Waals surface area contributed by atoms with Crippen LogP contribution in [0.4, 0.5) is 4.79 Å². The predicted octanol–water partition coefficient (Wildman–Crippen LogP) is 2.01. The number of amides is 2. The average Bonchev–Trinajstić information content (AvgIpc) is 2.72. The topological polar surface area (TPSA) is 53.2 Å². The van der Waals surface area contributed by atoms with Crippen molar-refractivity contribution in [2.45, 2.75) is 62.9 Å². The van der Waals surface area contributed by atoms with Crippen LogP contribution in [-0.2, 0) is 0 Å². The van der Waals surface area contributed by atoms with Crippen LogP contribution in [0.3, 0.4) is 0 Å². The van der Waals surface area contributed by atoms with E-state index in [0.29, 0.717) is 0 Å². The first-order valence-electron chi connectivity index (χ1n) is 8.35. The molecular weight excluding hydrogens is 250 g/mol. The van der Waals surface area contributed by atoms with Crippen molar-refractivity contribution in [3.63, 3.8) is 0 Å². The Morgan fingerprint density at radius 1 is 1.05 bits per heavy atom. The van der Waals surface area contributed by atoms with Gasteiger partial charge in [-0.3, -0.25) is 0 Å². The molecule has 5 rings (SSSR count). The van der Waals surface area contributed by atoms with Crippen molar-refractivity contribution in [1.29, 1.82) is 0 Å². The number of carbonyl (C=O) groups is 1. The van der Waals surface area contributed by atoms with Crippen LogP contribution in [0, 0.1) is 17.8 Å². The summed E-state index contributed by atoms with van der Waals surface area (Å²) in [6.07, 6.45) is 8.96. The van der Waals surface area contributed by atoms with Crippen molar-refractivity contribution in [2.75, 3.05) is 13.1 Å². The van der Waals surface area contributed by atoms with Gasteiger partial charge in [0.1, 0.15) is 0 Å². The third kappa shape index (κ3) is 2.22. The molecular formula is C16H27N3O. The van der Waals surface area contributed by atoms with E-state index in [1.54, 1.807) is 0 Å². The number of hydrogen-bond acceptors (Lipinski definition) is 2. The highest BCUT2D eigenvalue weighted by molar-refractivity contribution is 5.76. The molecule has 5 aliphatic rings. The van der Waals surface area contributed by atoms with Crippen molar-refractivity contribution in [1.82, 2.24) is 16.0 Å². The maximum atomic E-state index is 12.4. The highest BCUT2D eigenvalue weighted by atomic mass is 16.2. The van der Waals surface area contributed by atoms with E-state index < -0.39 is 0 Å². The molecule has 0 radical (unpaired) electrons. The van der Waals surface area contributed by atoms with Crippen LogP contribution in [0.15, 0.2) is 0 Å². The van der Waals surface area contributed by atoms with Crippen molar-refractivity contribution in [2.24, 2.45) is 17.8 Å². The minimum atomic E-state index is -0.0631. The highest BCUT2D eigenvalue weighted by Crippen LogP contribution is 2.55. The Morgan fingerprint density at radius 2 is 1.65 bits per heavy atom. The summed E-state index contributed by atoms with van der Waals surface area (Å²) in [5.74, 6) is 2.64. The van der Waals surface area contributed by atoms with Gasteiger partial charge in [0.2, 0.25) is 0 Å². The Labute approximate surface area is 121 Å². The van der Waals surface area contributed by atoms with Crippen LogP contribution < -0.4 is 16.0 Å². The number of hydrogen-bond donors (Lipinski definition) is 3. The Kier molecular flexibility index (Phi) is 2.82. The molecule has 1 saturated heterocycles. The monoisotopic (exact) mass is 277 g/mol. The number of urea groups is 1. The number of nitrogens with one attached hydrogen (secondary N) is 3. The summed E-state index contributed by atoms with van der Waals surface area (Å²) < 4.78 is 0. The average molecular weight is 277 g/mol. The summed E-state index contributed by atoms with van der Waals surface area (Å²) in [5, 5.41) is 9.95. The van der Waals surface area contributed by atoms with Crippen LogP contribution in [0.2, 0.25) is 0 Å². The molecule has 4 aliphatic carbocycles.